The second kappa shape index (κ2) is 8.08. The Kier molecular flexibility index (Phi) is 6.75. The molecule has 1 aromatic carbocycles. The second-order valence-corrected chi connectivity index (χ2v) is 6.64. The van der Waals surface area contributed by atoms with Crippen LogP contribution >= 0.6 is 11.8 Å². The number of amides is 1. The maximum absolute atomic E-state index is 12.3. The molecule has 0 aliphatic carbocycles. The third-order valence-corrected chi connectivity index (χ3v) is 3.14. The summed E-state index contributed by atoms with van der Waals surface area (Å²) in [6, 6.07) is 8.93. The number of benzene rings is 1. The Labute approximate surface area is 130 Å². The number of hydrogen-bond donors (Lipinski definition) is 1. The van der Waals surface area contributed by atoms with Gasteiger partial charge in [0.2, 0.25) is 5.91 Å². The maximum atomic E-state index is 12.3. The highest BCUT2D eigenvalue weighted by Crippen LogP contribution is 2.11. The average Bonchev–Trinajstić information content (AvgIpc) is 2.37. The minimum Gasteiger partial charge on any atom is -0.458 e. The normalized spacial score (nSPS) is 12.6. The van der Waals surface area contributed by atoms with Crippen molar-refractivity contribution in [2.75, 3.05) is 12.0 Å². The molecule has 1 aromatic rings. The molecule has 0 unspecified atom stereocenters. The zero-order chi connectivity index (χ0) is 15.9. The Bertz CT molecular complexity index is 468. The molecule has 0 bridgehead atoms. The summed E-state index contributed by atoms with van der Waals surface area (Å²) in [6.07, 6.45) is 2.27. The van der Waals surface area contributed by atoms with E-state index in [2.05, 4.69) is 5.32 Å². The van der Waals surface area contributed by atoms with Crippen molar-refractivity contribution in [3.63, 3.8) is 0 Å². The van der Waals surface area contributed by atoms with Crippen LogP contribution in [0, 0.1) is 0 Å². The van der Waals surface area contributed by atoms with Gasteiger partial charge in [0.25, 0.3) is 0 Å². The molecule has 0 heterocycles. The van der Waals surface area contributed by atoms with Gasteiger partial charge in [-0.15, -0.1) is 0 Å². The molecule has 0 aliphatic rings. The van der Waals surface area contributed by atoms with E-state index in [9.17, 15) is 9.59 Å². The first-order valence-electron chi connectivity index (χ1n) is 6.87. The van der Waals surface area contributed by atoms with Crippen molar-refractivity contribution in [1.29, 1.82) is 0 Å². The lowest BCUT2D eigenvalue weighted by Crippen LogP contribution is -2.46. The summed E-state index contributed by atoms with van der Waals surface area (Å²) >= 11 is 1.42. The van der Waals surface area contributed by atoms with Gasteiger partial charge >= 0.3 is 5.97 Å². The van der Waals surface area contributed by atoms with E-state index in [4.69, 9.17) is 4.74 Å². The molecule has 0 saturated heterocycles. The molecule has 0 fully saturated rings. The smallest absolute Gasteiger partial charge is 0.329 e. The number of esters is 1. The predicted octanol–water partition coefficient (Wildman–Crippen LogP) is 2.42. The van der Waals surface area contributed by atoms with Crippen LogP contribution in [0.5, 0.6) is 0 Å². The first kappa shape index (κ1) is 17.6. The van der Waals surface area contributed by atoms with E-state index in [1.807, 2.05) is 57.4 Å². The number of hydrogen-bond acceptors (Lipinski definition) is 4. The van der Waals surface area contributed by atoms with Crippen molar-refractivity contribution in [2.24, 2.45) is 0 Å². The van der Waals surface area contributed by atoms with Gasteiger partial charge in [-0.2, -0.15) is 11.8 Å². The van der Waals surface area contributed by atoms with E-state index in [0.29, 0.717) is 12.2 Å². The third kappa shape index (κ3) is 7.18. The van der Waals surface area contributed by atoms with Crippen molar-refractivity contribution < 1.29 is 14.3 Å². The Morgan fingerprint density at radius 1 is 1.24 bits per heavy atom. The van der Waals surface area contributed by atoms with Gasteiger partial charge in [0.1, 0.15) is 11.6 Å². The van der Waals surface area contributed by atoms with Gasteiger partial charge < -0.3 is 10.1 Å². The van der Waals surface area contributed by atoms with E-state index in [0.717, 1.165) is 5.56 Å². The van der Waals surface area contributed by atoms with Gasteiger partial charge in [-0.3, -0.25) is 4.79 Å². The average molecular weight is 309 g/mol. The van der Waals surface area contributed by atoms with Crippen LogP contribution < -0.4 is 5.32 Å². The fourth-order valence-corrected chi connectivity index (χ4v) is 2.13. The molecule has 4 nitrogen and oxygen atoms in total. The fourth-order valence-electron chi connectivity index (χ4n) is 1.78. The molecular formula is C16H23NO3S. The monoisotopic (exact) mass is 309 g/mol. The highest BCUT2D eigenvalue weighted by molar-refractivity contribution is 7.99. The van der Waals surface area contributed by atoms with Crippen molar-refractivity contribution >= 4 is 23.6 Å². The van der Waals surface area contributed by atoms with Crippen molar-refractivity contribution in [1.82, 2.24) is 5.32 Å². The second-order valence-electron chi connectivity index (χ2n) is 5.78. The SMILES string of the molecule is CSCC(=O)N[C@@H](Cc1ccccc1)C(=O)OC(C)(C)C. The Morgan fingerprint density at radius 3 is 2.38 bits per heavy atom. The van der Waals surface area contributed by atoms with Crippen LogP contribution in [0.4, 0.5) is 0 Å². The van der Waals surface area contributed by atoms with Gasteiger partial charge in [-0.1, -0.05) is 30.3 Å². The highest BCUT2D eigenvalue weighted by atomic mass is 32.2. The molecule has 1 N–H and O–H groups in total. The van der Waals surface area contributed by atoms with Gasteiger partial charge in [0, 0.05) is 6.42 Å². The topological polar surface area (TPSA) is 55.4 Å². The minimum absolute atomic E-state index is 0.158. The molecule has 0 aromatic heterocycles. The van der Waals surface area contributed by atoms with E-state index in [1.54, 1.807) is 0 Å². The molecule has 116 valence electrons. The number of nitrogens with one attached hydrogen (secondary N) is 1. The standard InChI is InChI=1S/C16H23NO3S/c1-16(2,3)20-15(19)13(17-14(18)11-21-4)10-12-8-6-5-7-9-12/h5-9,13H,10-11H2,1-4H3,(H,17,18)/t13-/m0/s1. The Balaban J connectivity index is 2.78. The Morgan fingerprint density at radius 2 is 1.86 bits per heavy atom. The van der Waals surface area contributed by atoms with E-state index in [1.165, 1.54) is 11.8 Å². The molecular weight excluding hydrogens is 286 g/mol. The molecule has 1 atom stereocenters. The largest absolute Gasteiger partial charge is 0.458 e. The molecule has 5 heteroatoms. The molecule has 0 saturated carbocycles. The van der Waals surface area contributed by atoms with E-state index >= 15 is 0 Å². The van der Waals surface area contributed by atoms with Gasteiger partial charge in [0.05, 0.1) is 5.75 Å². The summed E-state index contributed by atoms with van der Waals surface area (Å²) in [7, 11) is 0. The molecule has 21 heavy (non-hydrogen) atoms. The minimum atomic E-state index is -0.661. The van der Waals surface area contributed by atoms with Crippen LogP contribution in [-0.4, -0.2) is 35.5 Å². The quantitative estimate of drug-likeness (QED) is 0.820. The summed E-state index contributed by atoms with van der Waals surface area (Å²) in [6.45, 7) is 5.44. The maximum Gasteiger partial charge on any atom is 0.329 e. The van der Waals surface area contributed by atoms with Crippen LogP contribution in [0.1, 0.15) is 26.3 Å². The lowest BCUT2D eigenvalue weighted by Gasteiger charge is -2.24. The zero-order valence-corrected chi connectivity index (χ0v) is 13.8. The Hall–Kier alpha value is -1.49. The molecule has 0 radical (unpaired) electrons. The third-order valence-electron chi connectivity index (χ3n) is 2.58. The highest BCUT2D eigenvalue weighted by Gasteiger charge is 2.26. The van der Waals surface area contributed by atoms with E-state index in [-0.39, 0.29) is 5.91 Å². The van der Waals surface area contributed by atoms with Crippen LogP contribution in [0.25, 0.3) is 0 Å². The summed E-state index contributed by atoms with van der Waals surface area (Å²) in [4.78, 5) is 24.0. The van der Waals surface area contributed by atoms with Crippen molar-refractivity contribution in [2.45, 2.75) is 38.8 Å². The molecule has 0 aliphatic heterocycles. The lowest BCUT2D eigenvalue weighted by atomic mass is 10.1. The van der Waals surface area contributed by atoms with Crippen molar-refractivity contribution in [3.05, 3.63) is 35.9 Å². The number of thioether (sulfide) groups is 1. The first-order chi connectivity index (χ1) is 9.81. The summed E-state index contributed by atoms with van der Waals surface area (Å²) in [5.41, 5.74) is 0.411. The summed E-state index contributed by atoms with van der Waals surface area (Å²) in [5.74, 6) is -0.233. The van der Waals surface area contributed by atoms with E-state index < -0.39 is 17.6 Å². The first-order valence-corrected chi connectivity index (χ1v) is 8.26. The number of rotatable bonds is 6. The van der Waals surface area contributed by atoms with Gasteiger partial charge in [0.15, 0.2) is 0 Å². The zero-order valence-electron chi connectivity index (χ0n) is 13.0. The van der Waals surface area contributed by atoms with Gasteiger partial charge in [-0.25, -0.2) is 4.79 Å². The van der Waals surface area contributed by atoms with Gasteiger partial charge in [-0.05, 0) is 32.6 Å². The summed E-state index contributed by atoms with van der Waals surface area (Å²) in [5, 5.41) is 2.75. The van der Waals surface area contributed by atoms with Crippen molar-refractivity contribution in [3.8, 4) is 0 Å². The predicted molar refractivity (Wildman–Crippen MR) is 86.3 cm³/mol. The molecule has 1 amide bonds. The number of carbonyl (C=O) groups is 2. The van der Waals surface area contributed by atoms with Crippen LogP contribution in [0.3, 0.4) is 0 Å². The number of carbonyl (C=O) groups excluding carboxylic acids is 2. The van der Waals surface area contributed by atoms with Crippen LogP contribution in [0.2, 0.25) is 0 Å². The summed E-state index contributed by atoms with van der Waals surface area (Å²) < 4.78 is 5.39. The fraction of sp³-hybridized carbons (Fsp3) is 0.500. The van der Waals surface area contributed by atoms with Crippen LogP contribution in [0.15, 0.2) is 30.3 Å². The molecule has 0 spiro atoms. The molecule has 1 rings (SSSR count). The lowest BCUT2D eigenvalue weighted by molar-refractivity contribution is -0.158. The number of ether oxygens (including phenoxy) is 1. The van der Waals surface area contributed by atoms with Crippen LogP contribution in [-0.2, 0) is 20.7 Å².